The maximum atomic E-state index is 12.9. The van der Waals surface area contributed by atoms with E-state index in [2.05, 4.69) is 47.4 Å². The number of anilines is 1. The molecule has 0 unspecified atom stereocenters. The van der Waals surface area contributed by atoms with E-state index in [9.17, 15) is 4.79 Å². The SMILES string of the molecule is Cc1cccc(-c2ccn(-c3cc(N4CCOCC4)n4nc(C(=O)N[C@H](C)C5CC5)cc4n3)n2)c1. The van der Waals surface area contributed by atoms with Gasteiger partial charge in [0.25, 0.3) is 5.91 Å². The summed E-state index contributed by atoms with van der Waals surface area (Å²) in [5.41, 5.74) is 4.11. The van der Waals surface area contributed by atoms with Crippen LogP contribution in [-0.2, 0) is 4.74 Å². The zero-order chi connectivity index (χ0) is 23.9. The number of benzene rings is 1. The summed E-state index contributed by atoms with van der Waals surface area (Å²) in [4.78, 5) is 20.0. The molecule has 1 aromatic carbocycles. The van der Waals surface area contributed by atoms with Crippen molar-refractivity contribution in [1.82, 2.24) is 29.7 Å². The third-order valence-corrected chi connectivity index (χ3v) is 6.79. The van der Waals surface area contributed by atoms with Crippen molar-refractivity contribution < 1.29 is 9.53 Å². The summed E-state index contributed by atoms with van der Waals surface area (Å²) in [6.07, 6.45) is 4.27. The molecular weight excluding hydrogens is 442 g/mol. The van der Waals surface area contributed by atoms with Crippen LogP contribution in [-0.4, -0.2) is 62.6 Å². The highest BCUT2D eigenvalue weighted by Gasteiger charge is 2.30. The first-order valence-electron chi connectivity index (χ1n) is 12.2. The second kappa shape index (κ2) is 8.81. The zero-order valence-corrected chi connectivity index (χ0v) is 20.0. The monoisotopic (exact) mass is 471 g/mol. The van der Waals surface area contributed by atoms with E-state index in [1.165, 1.54) is 18.4 Å². The van der Waals surface area contributed by atoms with Gasteiger partial charge in [0.2, 0.25) is 0 Å². The molecule has 3 aromatic heterocycles. The Balaban J connectivity index is 1.39. The van der Waals surface area contributed by atoms with Crippen molar-refractivity contribution >= 4 is 17.4 Å². The zero-order valence-electron chi connectivity index (χ0n) is 20.0. The van der Waals surface area contributed by atoms with Gasteiger partial charge >= 0.3 is 0 Å². The topological polar surface area (TPSA) is 89.6 Å². The van der Waals surface area contributed by atoms with Gasteiger partial charge in [0.1, 0.15) is 5.82 Å². The summed E-state index contributed by atoms with van der Waals surface area (Å²) in [6, 6.07) is 14.2. The van der Waals surface area contributed by atoms with E-state index in [-0.39, 0.29) is 11.9 Å². The van der Waals surface area contributed by atoms with Crippen molar-refractivity contribution in [3.8, 4) is 17.1 Å². The molecule has 35 heavy (non-hydrogen) atoms. The Hall–Kier alpha value is -3.72. The van der Waals surface area contributed by atoms with Crippen molar-refractivity contribution in [3.63, 3.8) is 0 Å². The van der Waals surface area contributed by atoms with Gasteiger partial charge in [-0.05, 0) is 44.7 Å². The maximum Gasteiger partial charge on any atom is 0.272 e. The molecule has 180 valence electrons. The minimum atomic E-state index is -0.162. The minimum Gasteiger partial charge on any atom is -0.378 e. The molecule has 1 saturated heterocycles. The smallest absolute Gasteiger partial charge is 0.272 e. The highest BCUT2D eigenvalue weighted by atomic mass is 16.5. The van der Waals surface area contributed by atoms with Crippen LogP contribution in [0.25, 0.3) is 22.7 Å². The third kappa shape index (κ3) is 4.39. The summed E-state index contributed by atoms with van der Waals surface area (Å²) < 4.78 is 9.10. The third-order valence-electron chi connectivity index (χ3n) is 6.79. The van der Waals surface area contributed by atoms with Gasteiger partial charge in [0.05, 0.1) is 18.9 Å². The van der Waals surface area contributed by atoms with E-state index in [1.807, 2.05) is 24.4 Å². The molecule has 1 atom stereocenters. The lowest BCUT2D eigenvalue weighted by atomic mass is 10.1. The number of nitrogens with zero attached hydrogens (tertiary/aromatic N) is 6. The van der Waals surface area contributed by atoms with Crippen LogP contribution >= 0.6 is 0 Å². The molecule has 1 saturated carbocycles. The first kappa shape index (κ1) is 21.8. The molecule has 1 N–H and O–H groups in total. The molecule has 2 fully saturated rings. The van der Waals surface area contributed by atoms with Crippen LogP contribution in [0, 0.1) is 12.8 Å². The van der Waals surface area contributed by atoms with Gasteiger partial charge in [-0.15, -0.1) is 0 Å². The Morgan fingerprint density at radius 1 is 1.11 bits per heavy atom. The fraction of sp³-hybridized carbons (Fsp3) is 0.385. The Morgan fingerprint density at radius 2 is 1.94 bits per heavy atom. The molecule has 1 amide bonds. The van der Waals surface area contributed by atoms with E-state index >= 15 is 0 Å². The van der Waals surface area contributed by atoms with Crippen molar-refractivity contribution in [2.45, 2.75) is 32.7 Å². The molecule has 2 aliphatic rings. The molecular formula is C26H29N7O2. The van der Waals surface area contributed by atoms with Crippen LogP contribution in [0.15, 0.2) is 48.7 Å². The summed E-state index contributed by atoms with van der Waals surface area (Å²) in [6.45, 7) is 6.91. The van der Waals surface area contributed by atoms with Gasteiger partial charge < -0.3 is 15.0 Å². The van der Waals surface area contributed by atoms with E-state index in [1.54, 1.807) is 15.3 Å². The number of hydrogen-bond acceptors (Lipinski definition) is 6. The minimum absolute atomic E-state index is 0.152. The molecule has 6 rings (SSSR count). The van der Waals surface area contributed by atoms with Crippen LogP contribution in [0.4, 0.5) is 5.82 Å². The number of hydrogen-bond donors (Lipinski definition) is 1. The van der Waals surface area contributed by atoms with Crippen molar-refractivity contribution in [2.75, 3.05) is 31.2 Å². The van der Waals surface area contributed by atoms with Crippen molar-refractivity contribution in [1.29, 1.82) is 0 Å². The Bertz CT molecular complexity index is 1380. The van der Waals surface area contributed by atoms with E-state index in [4.69, 9.17) is 14.8 Å². The van der Waals surface area contributed by atoms with Crippen LogP contribution in [0.5, 0.6) is 0 Å². The lowest BCUT2D eigenvalue weighted by Crippen LogP contribution is -2.37. The summed E-state index contributed by atoms with van der Waals surface area (Å²) in [5, 5.41) is 12.5. The number of rotatable bonds is 6. The molecule has 4 heterocycles. The predicted molar refractivity (Wildman–Crippen MR) is 133 cm³/mol. The number of aryl methyl sites for hydroxylation is 1. The number of amides is 1. The summed E-state index contributed by atoms with van der Waals surface area (Å²) in [5.74, 6) is 1.96. The van der Waals surface area contributed by atoms with Gasteiger partial charge in [-0.2, -0.15) is 14.7 Å². The second-order valence-electron chi connectivity index (χ2n) is 9.49. The van der Waals surface area contributed by atoms with Crippen LogP contribution in [0.1, 0.15) is 35.8 Å². The lowest BCUT2D eigenvalue weighted by molar-refractivity contribution is 0.0930. The standard InChI is InChI=1S/C26H29N7O2/c1-17-4-3-5-20(14-17)21-8-9-32(29-21)23-16-25(31-10-12-35-13-11-31)33-24(28-23)15-22(30-33)26(34)27-18(2)19-6-7-19/h3-5,8-9,14-16,18-19H,6-7,10-13H2,1-2H3,(H,27,34)/t18-/m1/s1. The van der Waals surface area contributed by atoms with Gasteiger partial charge in [-0.25, -0.2) is 9.67 Å². The van der Waals surface area contributed by atoms with Crippen LogP contribution < -0.4 is 10.2 Å². The molecule has 9 heteroatoms. The number of carbonyl (C=O) groups excluding carboxylic acids is 1. The lowest BCUT2D eigenvalue weighted by Gasteiger charge is -2.29. The Kier molecular flexibility index (Phi) is 5.49. The van der Waals surface area contributed by atoms with Gasteiger partial charge in [-0.3, -0.25) is 4.79 Å². The highest BCUT2D eigenvalue weighted by molar-refractivity contribution is 5.93. The van der Waals surface area contributed by atoms with Gasteiger partial charge in [0, 0.05) is 43.0 Å². The number of morpholine rings is 1. The van der Waals surface area contributed by atoms with Crippen LogP contribution in [0.3, 0.4) is 0 Å². The number of ether oxygens (including phenoxy) is 1. The van der Waals surface area contributed by atoms with E-state index < -0.39 is 0 Å². The number of fused-ring (bicyclic) bond motifs is 1. The summed E-state index contributed by atoms with van der Waals surface area (Å²) >= 11 is 0. The Labute approximate surface area is 203 Å². The average molecular weight is 472 g/mol. The number of carbonyl (C=O) groups is 1. The van der Waals surface area contributed by atoms with Gasteiger partial charge in [-0.1, -0.05) is 23.8 Å². The molecule has 0 spiro atoms. The van der Waals surface area contributed by atoms with Crippen LogP contribution in [0.2, 0.25) is 0 Å². The van der Waals surface area contributed by atoms with E-state index in [0.717, 1.165) is 30.2 Å². The highest BCUT2D eigenvalue weighted by Crippen LogP contribution is 2.32. The molecule has 1 aliphatic carbocycles. The average Bonchev–Trinajstić information content (AvgIpc) is 3.44. The fourth-order valence-electron chi connectivity index (χ4n) is 4.60. The molecule has 9 nitrogen and oxygen atoms in total. The maximum absolute atomic E-state index is 12.9. The first-order chi connectivity index (χ1) is 17.0. The first-order valence-corrected chi connectivity index (χ1v) is 12.2. The molecule has 0 bridgehead atoms. The number of nitrogens with one attached hydrogen (secondary N) is 1. The molecule has 4 aromatic rings. The largest absolute Gasteiger partial charge is 0.378 e. The second-order valence-corrected chi connectivity index (χ2v) is 9.49. The van der Waals surface area contributed by atoms with Gasteiger partial charge in [0.15, 0.2) is 17.2 Å². The fourth-order valence-corrected chi connectivity index (χ4v) is 4.60. The predicted octanol–water partition coefficient (Wildman–Crippen LogP) is 3.26. The normalized spacial score (nSPS) is 17.0. The number of aromatic nitrogens is 5. The van der Waals surface area contributed by atoms with Crippen molar-refractivity contribution in [3.05, 3.63) is 59.9 Å². The Morgan fingerprint density at radius 3 is 2.71 bits per heavy atom. The van der Waals surface area contributed by atoms with Crippen molar-refractivity contribution in [2.24, 2.45) is 5.92 Å². The molecule has 1 aliphatic heterocycles. The molecule has 0 radical (unpaired) electrons. The summed E-state index contributed by atoms with van der Waals surface area (Å²) in [7, 11) is 0. The van der Waals surface area contributed by atoms with E-state index in [0.29, 0.717) is 36.3 Å². The quantitative estimate of drug-likeness (QED) is 0.464.